The summed E-state index contributed by atoms with van der Waals surface area (Å²) in [6.45, 7) is 0. The highest BCUT2D eigenvalue weighted by Crippen LogP contribution is 2.39. The SMILES string of the molecule is O=[N+]([O-])c1cccc([N+](=O)[O-])c1-n1c2ccccc2c2ccccc21. The van der Waals surface area contributed by atoms with Crippen molar-refractivity contribution >= 4 is 33.2 Å². The highest BCUT2D eigenvalue weighted by Gasteiger charge is 2.28. The number of aromatic nitrogens is 1. The first-order chi connectivity index (χ1) is 12.1. The number of nitro groups is 2. The van der Waals surface area contributed by atoms with Gasteiger partial charge in [-0.2, -0.15) is 0 Å². The Kier molecular flexibility index (Phi) is 3.21. The lowest BCUT2D eigenvalue weighted by atomic mass is 10.2. The average molecular weight is 333 g/mol. The van der Waals surface area contributed by atoms with Crippen LogP contribution in [0.15, 0.2) is 66.7 Å². The maximum atomic E-state index is 11.5. The van der Waals surface area contributed by atoms with Crippen molar-refractivity contribution in [3.63, 3.8) is 0 Å². The maximum absolute atomic E-state index is 11.5. The zero-order chi connectivity index (χ0) is 17.6. The monoisotopic (exact) mass is 333 g/mol. The van der Waals surface area contributed by atoms with Gasteiger partial charge in [0.2, 0.25) is 5.69 Å². The second-order valence-electron chi connectivity index (χ2n) is 5.53. The van der Waals surface area contributed by atoms with Crippen LogP contribution in [0, 0.1) is 20.2 Å². The minimum Gasteiger partial charge on any atom is -0.298 e. The van der Waals surface area contributed by atoms with E-state index in [4.69, 9.17) is 0 Å². The molecule has 0 aliphatic rings. The molecule has 25 heavy (non-hydrogen) atoms. The van der Waals surface area contributed by atoms with Gasteiger partial charge in [0, 0.05) is 22.9 Å². The van der Waals surface area contributed by atoms with Crippen molar-refractivity contribution in [1.82, 2.24) is 4.57 Å². The molecule has 7 nitrogen and oxygen atoms in total. The summed E-state index contributed by atoms with van der Waals surface area (Å²) in [5.41, 5.74) is 0.721. The molecule has 0 unspecified atom stereocenters. The smallest absolute Gasteiger partial charge is 0.298 e. The van der Waals surface area contributed by atoms with Crippen LogP contribution in [0.4, 0.5) is 11.4 Å². The third kappa shape index (κ3) is 2.13. The topological polar surface area (TPSA) is 91.2 Å². The summed E-state index contributed by atoms with van der Waals surface area (Å²) >= 11 is 0. The van der Waals surface area contributed by atoms with Gasteiger partial charge in [-0.3, -0.25) is 24.8 Å². The van der Waals surface area contributed by atoms with Gasteiger partial charge in [0.25, 0.3) is 11.4 Å². The zero-order valence-electron chi connectivity index (χ0n) is 12.8. The molecule has 4 rings (SSSR count). The molecule has 0 fully saturated rings. The van der Waals surface area contributed by atoms with E-state index in [-0.39, 0.29) is 17.1 Å². The summed E-state index contributed by atoms with van der Waals surface area (Å²) in [5, 5.41) is 24.8. The number of nitro benzene ring substituents is 2. The highest BCUT2D eigenvalue weighted by molar-refractivity contribution is 6.09. The number of hydrogen-bond donors (Lipinski definition) is 0. The lowest BCUT2D eigenvalue weighted by molar-refractivity contribution is -0.393. The summed E-state index contributed by atoms with van der Waals surface area (Å²) < 4.78 is 1.60. The van der Waals surface area contributed by atoms with Crippen LogP contribution in [0.5, 0.6) is 0 Å². The Morgan fingerprint density at radius 3 is 1.52 bits per heavy atom. The molecule has 0 saturated carbocycles. The Bertz CT molecular complexity index is 1080. The van der Waals surface area contributed by atoms with E-state index < -0.39 is 9.85 Å². The van der Waals surface area contributed by atoms with Gasteiger partial charge < -0.3 is 0 Å². The maximum Gasteiger partial charge on any atom is 0.300 e. The fourth-order valence-electron chi connectivity index (χ4n) is 3.21. The van der Waals surface area contributed by atoms with Crippen molar-refractivity contribution < 1.29 is 9.85 Å². The molecule has 0 aliphatic carbocycles. The summed E-state index contributed by atoms with van der Waals surface area (Å²) in [7, 11) is 0. The van der Waals surface area contributed by atoms with Crippen LogP contribution in [-0.2, 0) is 0 Å². The minimum atomic E-state index is -0.591. The van der Waals surface area contributed by atoms with E-state index in [2.05, 4.69) is 0 Å². The molecule has 4 aromatic rings. The standard InChI is InChI=1S/C18H11N3O4/c22-20(23)16-10-5-11-17(21(24)25)18(16)19-14-8-3-1-6-12(14)13-7-2-4-9-15(13)19/h1-11H. The zero-order valence-corrected chi connectivity index (χ0v) is 12.8. The number of nitrogens with zero attached hydrogens (tertiary/aromatic N) is 3. The van der Waals surface area contributed by atoms with E-state index >= 15 is 0 Å². The summed E-state index contributed by atoms with van der Waals surface area (Å²) in [6, 6.07) is 18.6. The molecule has 122 valence electrons. The predicted molar refractivity (Wildman–Crippen MR) is 94.1 cm³/mol. The molecular weight excluding hydrogens is 322 g/mol. The lowest BCUT2D eigenvalue weighted by Crippen LogP contribution is -2.04. The van der Waals surface area contributed by atoms with Gasteiger partial charge in [0.1, 0.15) is 0 Å². The van der Waals surface area contributed by atoms with Gasteiger partial charge in [0.05, 0.1) is 20.9 Å². The molecule has 0 spiro atoms. The van der Waals surface area contributed by atoms with Crippen LogP contribution >= 0.6 is 0 Å². The van der Waals surface area contributed by atoms with Crippen LogP contribution < -0.4 is 0 Å². The lowest BCUT2D eigenvalue weighted by Gasteiger charge is -2.09. The molecular formula is C18H11N3O4. The number of hydrogen-bond acceptors (Lipinski definition) is 4. The van der Waals surface area contributed by atoms with Crippen molar-refractivity contribution in [2.75, 3.05) is 0 Å². The van der Waals surface area contributed by atoms with E-state index in [1.807, 2.05) is 24.3 Å². The van der Waals surface area contributed by atoms with Crippen LogP contribution in [0.2, 0.25) is 0 Å². The third-order valence-electron chi connectivity index (χ3n) is 4.19. The molecule has 0 N–H and O–H groups in total. The molecule has 7 heteroatoms. The highest BCUT2D eigenvalue weighted by atomic mass is 16.6. The van der Waals surface area contributed by atoms with Crippen molar-refractivity contribution in [2.45, 2.75) is 0 Å². The second-order valence-corrected chi connectivity index (χ2v) is 5.53. The Morgan fingerprint density at radius 2 is 1.08 bits per heavy atom. The van der Waals surface area contributed by atoms with Crippen molar-refractivity contribution in [3.8, 4) is 5.69 Å². The first kappa shape index (κ1) is 14.8. The fourth-order valence-corrected chi connectivity index (χ4v) is 3.21. The van der Waals surface area contributed by atoms with Crippen LogP contribution in [0.3, 0.4) is 0 Å². The number of rotatable bonds is 3. The summed E-state index contributed by atoms with van der Waals surface area (Å²) in [6.07, 6.45) is 0. The number of para-hydroxylation sites is 3. The van der Waals surface area contributed by atoms with E-state index in [0.29, 0.717) is 11.0 Å². The molecule has 0 aliphatic heterocycles. The Morgan fingerprint density at radius 1 is 0.640 bits per heavy atom. The number of benzene rings is 3. The molecule has 0 saturated heterocycles. The molecule has 0 amide bonds. The van der Waals surface area contributed by atoms with E-state index in [9.17, 15) is 20.2 Å². The largest absolute Gasteiger partial charge is 0.300 e. The van der Waals surface area contributed by atoms with Crippen LogP contribution in [0.25, 0.3) is 27.5 Å². The normalized spacial score (nSPS) is 11.0. The van der Waals surface area contributed by atoms with Crippen LogP contribution in [0.1, 0.15) is 0 Å². The van der Waals surface area contributed by atoms with Gasteiger partial charge in [-0.05, 0) is 18.2 Å². The average Bonchev–Trinajstić information content (AvgIpc) is 2.95. The van der Waals surface area contributed by atoms with E-state index in [0.717, 1.165) is 10.8 Å². The van der Waals surface area contributed by atoms with Crippen molar-refractivity contribution in [2.24, 2.45) is 0 Å². The van der Waals surface area contributed by atoms with E-state index in [1.165, 1.54) is 18.2 Å². The number of fused-ring (bicyclic) bond motifs is 3. The molecule has 1 aromatic heterocycles. The molecule has 1 heterocycles. The van der Waals surface area contributed by atoms with Crippen molar-refractivity contribution in [1.29, 1.82) is 0 Å². The first-order valence-electron chi connectivity index (χ1n) is 7.50. The van der Waals surface area contributed by atoms with Crippen LogP contribution in [-0.4, -0.2) is 14.4 Å². The second kappa shape index (κ2) is 5.41. The molecule has 0 radical (unpaired) electrons. The summed E-state index contributed by atoms with van der Waals surface area (Å²) in [5.74, 6) is 0. The van der Waals surface area contributed by atoms with Gasteiger partial charge in [-0.15, -0.1) is 0 Å². The fraction of sp³-hybridized carbons (Fsp3) is 0. The quantitative estimate of drug-likeness (QED) is 0.404. The Balaban J connectivity index is 2.26. The first-order valence-corrected chi connectivity index (χ1v) is 7.50. The van der Waals surface area contributed by atoms with Gasteiger partial charge in [0.15, 0.2) is 0 Å². The van der Waals surface area contributed by atoms with Gasteiger partial charge in [-0.25, -0.2) is 0 Å². The Hall–Kier alpha value is -3.74. The van der Waals surface area contributed by atoms with Gasteiger partial charge >= 0.3 is 0 Å². The van der Waals surface area contributed by atoms with Crippen molar-refractivity contribution in [3.05, 3.63) is 87.0 Å². The Labute approximate surface area is 141 Å². The van der Waals surface area contributed by atoms with Gasteiger partial charge in [-0.1, -0.05) is 36.4 Å². The third-order valence-corrected chi connectivity index (χ3v) is 4.19. The predicted octanol–water partition coefficient (Wildman–Crippen LogP) is 4.60. The van der Waals surface area contributed by atoms with E-state index in [1.54, 1.807) is 28.8 Å². The minimum absolute atomic E-state index is 0.0325. The molecule has 0 bridgehead atoms. The summed E-state index contributed by atoms with van der Waals surface area (Å²) in [4.78, 5) is 21.9. The molecule has 0 atom stereocenters. The molecule has 3 aromatic carbocycles.